The number of hydrogen-bond donors (Lipinski definition) is 4. The minimum Gasteiger partial charge on any atom is -0.395 e. The van der Waals surface area contributed by atoms with Crippen molar-refractivity contribution in [1.82, 2.24) is 0 Å². The maximum atomic E-state index is 9.18. The molecule has 0 aromatic carbocycles. The Morgan fingerprint density at radius 1 is 1.18 bits per heavy atom. The molecule has 2 unspecified atom stereocenters. The number of nitrogens with two attached hydrogens (primary N) is 2. The van der Waals surface area contributed by atoms with E-state index in [1.807, 2.05) is 0 Å². The zero-order valence-corrected chi connectivity index (χ0v) is 6.74. The molecule has 0 aliphatic carbocycles. The van der Waals surface area contributed by atoms with Crippen LogP contribution in [0.5, 0.6) is 0 Å². The minimum absolute atomic E-state index is 0.0185. The first-order chi connectivity index (χ1) is 5.20. The van der Waals surface area contributed by atoms with Gasteiger partial charge in [-0.1, -0.05) is 0 Å². The third kappa shape index (κ3) is 6.25. The fraction of sp³-hybridized carbons (Fsp3) is 1.00. The third-order valence-electron chi connectivity index (χ3n) is 1.61. The van der Waals surface area contributed by atoms with Gasteiger partial charge in [0.15, 0.2) is 0 Å². The molecule has 68 valence electrons. The van der Waals surface area contributed by atoms with Crippen LogP contribution in [0, 0.1) is 0 Å². The van der Waals surface area contributed by atoms with Crippen LogP contribution in [0.4, 0.5) is 0 Å². The molecule has 6 N–H and O–H groups in total. The van der Waals surface area contributed by atoms with Gasteiger partial charge in [0.2, 0.25) is 0 Å². The van der Waals surface area contributed by atoms with Gasteiger partial charge in [0.1, 0.15) is 0 Å². The van der Waals surface area contributed by atoms with Crippen molar-refractivity contribution in [2.75, 3.05) is 13.2 Å². The van der Waals surface area contributed by atoms with Crippen LogP contribution in [0.15, 0.2) is 0 Å². The quantitative estimate of drug-likeness (QED) is 0.394. The Morgan fingerprint density at radius 2 is 1.82 bits per heavy atom. The zero-order chi connectivity index (χ0) is 8.69. The largest absolute Gasteiger partial charge is 0.395 e. The van der Waals surface area contributed by atoms with E-state index in [9.17, 15) is 5.11 Å². The highest BCUT2D eigenvalue weighted by Crippen LogP contribution is 2.02. The Hall–Kier alpha value is -0.160. The van der Waals surface area contributed by atoms with Crippen molar-refractivity contribution < 1.29 is 10.2 Å². The van der Waals surface area contributed by atoms with E-state index < -0.39 is 0 Å². The van der Waals surface area contributed by atoms with Gasteiger partial charge < -0.3 is 21.7 Å². The lowest BCUT2D eigenvalue weighted by Gasteiger charge is -2.11. The maximum Gasteiger partial charge on any atom is 0.0582 e. The molecule has 0 bridgehead atoms. The summed E-state index contributed by atoms with van der Waals surface area (Å²) < 4.78 is 0. The van der Waals surface area contributed by atoms with E-state index in [1.54, 1.807) is 0 Å². The molecule has 0 aliphatic heterocycles. The highest BCUT2D eigenvalue weighted by atomic mass is 16.3. The molecule has 0 amide bonds. The summed E-state index contributed by atoms with van der Waals surface area (Å²) in [5.41, 5.74) is 10.7. The molecular weight excluding hydrogens is 144 g/mol. The first-order valence-electron chi connectivity index (χ1n) is 3.95. The summed E-state index contributed by atoms with van der Waals surface area (Å²) in [5, 5.41) is 17.7. The molecule has 0 saturated carbocycles. The summed E-state index contributed by atoms with van der Waals surface area (Å²) in [5.74, 6) is 0. The molecule has 0 radical (unpaired) electrons. The van der Waals surface area contributed by atoms with Gasteiger partial charge in [-0.25, -0.2) is 0 Å². The van der Waals surface area contributed by atoms with Gasteiger partial charge in [0, 0.05) is 6.04 Å². The van der Waals surface area contributed by atoms with E-state index in [0.717, 1.165) is 0 Å². The number of rotatable bonds is 6. The Morgan fingerprint density at radius 3 is 2.27 bits per heavy atom. The first-order valence-corrected chi connectivity index (χ1v) is 3.95. The van der Waals surface area contributed by atoms with Gasteiger partial charge in [0.25, 0.3) is 0 Å². The highest BCUT2D eigenvalue weighted by Gasteiger charge is 2.05. The maximum absolute atomic E-state index is 9.18. The average Bonchev–Trinajstić information content (AvgIpc) is 2.01. The molecule has 0 heterocycles. The van der Waals surface area contributed by atoms with Gasteiger partial charge in [-0.2, -0.15) is 0 Å². The van der Waals surface area contributed by atoms with Crippen molar-refractivity contribution >= 4 is 0 Å². The van der Waals surface area contributed by atoms with E-state index in [-0.39, 0.29) is 18.8 Å². The van der Waals surface area contributed by atoms with Gasteiger partial charge in [-0.15, -0.1) is 0 Å². The van der Waals surface area contributed by atoms with Crippen LogP contribution in [0.25, 0.3) is 0 Å². The van der Waals surface area contributed by atoms with Gasteiger partial charge >= 0.3 is 0 Å². The van der Waals surface area contributed by atoms with E-state index >= 15 is 0 Å². The monoisotopic (exact) mass is 162 g/mol. The predicted molar refractivity (Wildman–Crippen MR) is 44.0 cm³/mol. The number of aliphatic hydroxyl groups is 2. The van der Waals surface area contributed by atoms with Crippen LogP contribution in [-0.4, -0.2) is 35.5 Å². The fourth-order valence-corrected chi connectivity index (χ4v) is 0.834. The molecule has 0 aliphatic rings. The second kappa shape index (κ2) is 6.54. The minimum atomic E-state index is -0.363. The molecule has 0 spiro atoms. The summed E-state index contributed by atoms with van der Waals surface area (Å²) in [6.45, 7) is 0.477. The Kier molecular flexibility index (Phi) is 6.45. The Labute approximate surface area is 67.2 Å². The Balaban J connectivity index is 3.22. The second-order valence-electron chi connectivity index (χ2n) is 2.75. The average molecular weight is 162 g/mol. The molecule has 4 heteroatoms. The van der Waals surface area contributed by atoms with E-state index in [2.05, 4.69) is 0 Å². The molecule has 11 heavy (non-hydrogen) atoms. The van der Waals surface area contributed by atoms with Gasteiger partial charge in [-0.3, -0.25) is 0 Å². The standard InChI is InChI=1S/C7H18N2O2/c8-4-3-7(11)2-1-6(9)5-10/h6-7,10-11H,1-5,8-9H2. The van der Waals surface area contributed by atoms with Crippen molar-refractivity contribution in [2.45, 2.75) is 31.4 Å². The Bertz CT molecular complexity index is 90.5. The normalized spacial score (nSPS) is 16.4. The van der Waals surface area contributed by atoms with Crippen molar-refractivity contribution in [3.8, 4) is 0 Å². The molecular formula is C7H18N2O2. The SMILES string of the molecule is NCCC(O)CCC(N)CO. The fourth-order valence-electron chi connectivity index (χ4n) is 0.834. The van der Waals surface area contributed by atoms with E-state index in [4.69, 9.17) is 16.6 Å². The lowest BCUT2D eigenvalue weighted by atomic mass is 10.1. The second-order valence-corrected chi connectivity index (χ2v) is 2.75. The molecule has 0 aromatic rings. The van der Waals surface area contributed by atoms with Crippen LogP contribution < -0.4 is 11.5 Å². The topological polar surface area (TPSA) is 92.5 Å². The molecule has 4 nitrogen and oxygen atoms in total. The molecule has 0 rings (SSSR count). The van der Waals surface area contributed by atoms with E-state index in [1.165, 1.54) is 0 Å². The number of hydrogen-bond acceptors (Lipinski definition) is 4. The summed E-state index contributed by atoms with van der Waals surface area (Å²) in [7, 11) is 0. The summed E-state index contributed by atoms with van der Waals surface area (Å²) in [6.07, 6.45) is 1.52. The lowest BCUT2D eigenvalue weighted by molar-refractivity contribution is 0.146. The summed E-state index contributed by atoms with van der Waals surface area (Å²) in [4.78, 5) is 0. The molecule has 2 atom stereocenters. The van der Waals surface area contributed by atoms with Crippen molar-refractivity contribution in [2.24, 2.45) is 11.5 Å². The smallest absolute Gasteiger partial charge is 0.0582 e. The van der Waals surface area contributed by atoms with Crippen molar-refractivity contribution in [3.63, 3.8) is 0 Å². The van der Waals surface area contributed by atoms with Gasteiger partial charge in [-0.05, 0) is 25.8 Å². The molecule has 0 fully saturated rings. The first kappa shape index (κ1) is 10.8. The highest BCUT2D eigenvalue weighted by molar-refractivity contribution is 4.63. The van der Waals surface area contributed by atoms with Crippen LogP contribution in [0.2, 0.25) is 0 Å². The van der Waals surface area contributed by atoms with E-state index in [0.29, 0.717) is 25.8 Å². The van der Waals surface area contributed by atoms with Crippen molar-refractivity contribution in [1.29, 1.82) is 0 Å². The number of aliphatic hydroxyl groups excluding tert-OH is 2. The zero-order valence-electron chi connectivity index (χ0n) is 6.74. The predicted octanol–water partition coefficient (Wildman–Crippen LogP) is -1.20. The summed E-state index contributed by atoms with van der Waals surface area (Å²) in [6, 6.07) is -0.206. The van der Waals surface area contributed by atoms with Crippen LogP contribution in [0.1, 0.15) is 19.3 Å². The van der Waals surface area contributed by atoms with Crippen LogP contribution in [0.3, 0.4) is 0 Å². The summed E-state index contributed by atoms with van der Waals surface area (Å²) >= 11 is 0. The van der Waals surface area contributed by atoms with Gasteiger partial charge in [0.05, 0.1) is 12.7 Å². The van der Waals surface area contributed by atoms with Crippen molar-refractivity contribution in [3.05, 3.63) is 0 Å². The third-order valence-corrected chi connectivity index (χ3v) is 1.61. The van der Waals surface area contributed by atoms with Crippen LogP contribution in [-0.2, 0) is 0 Å². The molecule has 0 saturated heterocycles. The van der Waals surface area contributed by atoms with Crippen LogP contribution >= 0.6 is 0 Å². The molecule has 0 aromatic heterocycles. The lowest BCUT2D eigenvalue weighted by Crippen LogP contribution is -2.26.